The van der Waals surface area contributed by atoms with Gasteiger partial charge in [-0.2, -0.15) is 0 Å². The van der Waals surface area contributed by atoms with Gasteiger partial charge in [0.1, 0.15) is 12.4 Å². The smallest absolute Gasteiger partial charge is 0.157 e. The van der Waals surface area contributed by atoms with Gasteiger partial charge in [-0.25, -0.2) is 0 Å². The van der Waals surface area contributed by atoms with E-state index >= 15 is 0 Å². The summed E-state index contributed by atoms with van der Waals surface area (Å²) in [7, 11) is 0. The molecule has 1 aliphatic rings. The largest absolute Gasteiger partial charge is 0.490 e. The Bertz CT molecular complexity index is 337. The van der Waals surface area contributed by atoms with Crippen LogP contribution in [0, 0.1) is 0 Å². The maximum absolute atomic E-state index is 5.60. The monoisotopic (exact) mass is 300 g/mol. The molecule has 0 N–H and O–H groups in total. The van der Waals surface area contributed by atoms with Crippen LogP contribution in [0.15, 0.2) is 28.7 Å². The minimum atomic E-state index is -0.0356. The van der Waals surface area contributed by atoms with Gasteiger partial charge in [-0.05, 0) is 47.3 Å². The Labute approximate surface area is 110 Å². The van der Waals surface area contributed by atoms with Crippen LogP contribution in [-0.4, -0.2) is 26.1 Å². The highest BCUT2D eigenvalue weighted by atomic mass is 79.9. The molecule has 0 aromatic heterocycles. The molecular formula is C13H17BrO3. The first kappa shape index (κ1) is 12.9. The Morgan fingerprint density at radius 3 is 2.88 bits per heavy atom. The maximum atomic E-state index is 5.60. The number of ether oxygens (including phenoxy) is 3. The van der Waals surface area contributed by atoms with E-state index in [1.54, 1.807) is 0 Å². The molecule has 0 aliphatic carbocycles. The number of halogens is 1. The van der Waals surface area contributed by atoms with Crippen LogP contribution in [0.1, 0.15) is 19.3 Å². The maximum Gasteiger partial charge on any atom is 0.157 e. The molecule has 94 valence electrons. The molecule has 0 amide bonds. The van der Waals surface area contributed by atoms with Crippen molar-refractivity contribution in [2.45, 2.75) is 25.6 Å². The van der Waals surface area contributed by atoms with Crippen molar-refractivity contribution >= 4 is 15.9 Å². The lowest BCUT2D eigenvalue weighted by Crippen LogP contribution is -2.24. The standard InChI is InChI=1S/C13H17BrO3/c14-11-5-1-2-6-12(11)15-9-10-17-13-7-3-4-8-16-13/h1-2,5-6,13H,3-4,7-10H2/t13-/m0/s1. The minimum absolute atomic E-state index is 0.0356. The van der Waals surface area contributed by atoms with E-state index in [4.69, 9.17) is 14.2 Å². The average molecular weight is 301 g/mol. The molecule has 2 rings (SSSR count). The molecule has 0 unspecified atom stereocenters. The summed E-state index contributed by atoms with van der Waals surface area (Å²) in [5, 5.41) is 0. The van der Waals surface area contributed by atoms with Crippen LogP contribution >= 0.6 is 15.9 Å². The van der Waals surface area contributed by atoms with Crippen molar-refractivity contribution < 1.29 is 14.2 Å². The molecule has 0 bridgehead atoms. The van der Waals surface area contributed by atoms with E-state index in [-0.39, 0.29) is 6.29 Å². The van der Waals surface area contributed by atoms with Gasteiger partial charge in [0.15, 0.2) is 6.29 Å². The highest BCUT2D eigenvalue weighted by Crippen LogP contribution is 2.23. The molecule has 1 heterocycles. The SMILES string of the molecule is Brc1ccccc1OCCO[C@H]1CCCCO1. The van der Waals surface area contributed by atoms with E-state index in [1.807, 2.05) is 24.3 Å². The van der Waals surface area contributed by atoms with Crippen LogP contribution < -0.4 is 4.74 Å². The molecule has 0 radical (unpaired) electrons. The Balaban J connectivity index is 1.64. The van der Waals surface area contributed by atoms with Crippen molar-refractivity contribution in [1.82, 2.24) is 0 Å². The zero-order chi connectivity index (χ0) is 11.9. The van der Waals surface area contributed by atoms with Crippen molar-refractivity contribution in [3.05, 3.63) is 28.7 Å². The van der Waals surface area contributed by atoms with E-state index in [1.165, 1.54) is 6.42 Å². The summed E-state index contributed by atoms with van der Waals surface area (Å²) in [6.45, 7) is 1.92. The number of hydrogen-bond donors (Lipinski definition) is 0. The summed E-state index contributed by atoms with van der Waals surface area (Å²) in [6, 6.07) is 7.80. The van der Waals surface area contributed by atoms with E-state index < -0.39 is 0 Å². The molecule has 0 saturated carbocycles. The van der Waals surface area contributed by atoms with Gasteiger partial charge in [0, 0.05) is 6.61 Å². The van der Waals surface area contributed by atoms with Crippen LogP contribution in [0.4, 0.5) is 0 Å². The molecule has 0 spiro atoms. The van der Waals surface area contributed by atoms with Crippen LogP contribution in [0.2, 0.25) is 0 Å². The van der Waals surface area contributed by atoms with Crippen LogP contribution in [-0.2, 0) is 9.47 Å². The predicted molar refractivity (Wildman–Crippen MR) is 69.2 cm³/mol. The van der Waals surface area contributed by atoms with Gasteiger partial charge in [0.25, 0.3) is 0 Å². The Morgan fingerprint density at radius 1 is 1.24 bits per heavy atom. The molecular weight excluding hydrogens is 284 g/mol. The molecule has 1 aliphatic heterocycles. The molecule has 1 aromatic rings. The second kappa shape index (κ2) is 6.99. The molecule has 17 heavy (non-hydrogen) atoms. The van der Waals surface area contributed by atoms with Crippen LogP contribution in [0.5, 0.6) is 5.75 Å². The van der Waals surface area contributed by atoms with Crippen molar-refractivity contribution in [3.8, 4) is 5.75 Å². The molecule has 1 saturated heterocycles. The second-order valence-electron chi connectivity index (χ2n) is 3.95. The lowest BCUT2D eigenvalue weighted by molar-refractivity contribution is -0.165. The van der Waals surface area contributed by atoms with Crippen molar-refractivity contribution in [2.75, 3.05) is 19.8 Å². The fourth-order valence-corrected chi connectivity index (χ4v) is 2.13. The lowest BCUT2D eigenvalue weighted by Gasteiger charge is -2.22. The number of rotatable bonds is 5. The fourth-order valence-electron chi connectivity index (χ4n) is 1.74. The topological polar surface area (TPSA) is 27.7 Å². The number of para-hydroxylation sites is 1. The lowest BCUT2D eigenvalue weighted by atomic mass is 10.2. The summed E-state index contributed by atoms with van der Waals surface area (Å²) in [6.07, 6.45) is 3.30. The third-order valence-electron chi connectivity index (χ3n) is 2.62. The Morgan fingerprint density at radius 2 is 2.12 bits per heavy atom. The molecule has 4 heteroatoms. The predicted octanol–water partition coefficient (Wildman–Crippen LogP) is 3.37. The van der Waals surface area contributed by atoms with Crippen LogP contribution in [0.25, 0.3) is 0 Å². The van der Waals surface area contributed by atoms with E-state index in [0.29, 0.717) is 13.2 Å². The minimum Gasteiger partial charge on any atom is -0.490 e. The molecule has 3 nitrogen and oxygen atoms in total. The van der Waals surface area contributed by atoms with Crippen molar-refractivity contribution in [2.24, 2.45) is 0 Å². The Hall–Kier alpha value is -0.580. The summed E-state index contributed by atoms with van der Waals surface area (Å²) in [5.41, 5.74) is 0. The molecule has 1 atom stereocenters. The van der Waals surface area contributed by atoms with Crippen molar-refractivity contribution in [1.29, 1.82) is 0 Å². The normalized spacial score (nSPS) is 20.2. The summed E-state index contributed by atoms with van der Waals surface area (Å²) < 4.78 is 17.6. The van der Waals surface area contributed by atoms with Gasteiger partial charge in [0.05, 0.1) is 11.1 Å². The van der Waals surface area contributed by atoms with Gasteiger partial charge < -0.3 is 14.2 Å². The number of hydrogen-bond acceptors (Lipinski definition) is 3. The third kappa shape index (κ3) is 4.30. The van der Waals surface area contributed by atoms with E-state index in [0.717, 1.165) is 29.7 Å². The second-order valence-corrected chi connectivity index (χ2v) is 4.80. The molecule has 1 fully saturated rings. The van der Waals surface area contributed by atoms with Gasteiger partial charge in [0.2, 0.25) is 0 Å². The van der Waals surface area contributed by atoms with Gasteiger partial charge in [-0.3, -0.25) is 0 Å². The first-order valence-electron chi connectivity index (χ1n) is 5.97. The first-order chi connectivity index (χ1) is 8.36. The summed E-state index contributed by atoms with van der Waals surface area (Å²) in [4.78, 5) is 0. The highest BCUT2D eigenvalue weighted by molar-refractivity contribution is 9.10. The van der Waals surface area contributed by atoms with E-state index in [2.05, 4.69) is 15.9 Å². The summed E-state index contributed by atoms with van der Waals surface area (Å²) >= 11 is 3.43. The zero-order valence-corrected chi connectivity index (χ0v) is 11.3. The third-order valence-corrected chi connectivity index (χ3v) is 3.27. The quantitative estimate of drug-likeness (QED) is 0.780. The van der Waals surface area contributed by atoms with Crippen LogP contribution in [0.3, 0.4) is 0 Å². The van der Waals surface area contributed by atoms with Gasteiger partial charge >= 0.3 is 0 Å². The average Bonchev–Trinajstić information content (AvgIpc) is 2.38. The molecule has 1 aromatic carbocycles. The Kier molecular flexibility index (Phi) is 5.29. The summed E-state index contributed by atoms with van der Waals surface area (Å²) in [5.74, 6) is 0.848. The van der Waals surface area contributed by atoms with Gasteiger partial charge in [-0.1, -0.05) is 12.1 Å². The van der Waals surface area contributed by atoms with Gasteiger partial charge in [-0.15, -0.1) is 0 Å². The van der Waals surface area contributed by atoms with E-state index in [9.17, 15) is 0 Å². The first-order valence-corrected chi connectivity index (χ1v) is 6.76. The number of benzene rings is 1. The van der Waals surface area contributed by atoms with Crippen molar-refractivity contribution in [3.63, 3.8) is 0 Å². The highest BCUT2D eigenvalue weighted by Gasteiger charge is 2.13. The fraction of sp³-hybridized carbons (Fsp3) is 0.538. The zero-order valence-electron chi connectivity index (χ0n) is 9.73.